The second-order valence-corrected chi connectivity index (χ2v) is 6.03. The van der Waals surface area contributed by atoms with Crippen LogP contribution in [0.25, 0.3) is 0 Å². The summed E-state index contributed by atoms with van der Waals surface area (Å²) in [5, 5.41) is 0. The van der Waals surface area contributed by atoms with Gasteiger partial charge >= 0.3 is 0 Å². The van der Waals surface area contributed by atoms with Gasteiger partial charge in [-0.05, 0) is 42.0 Å². The van der Waals surface area contributed by atoms with Crippen LogP contribution in [-0.4, -0.2) is 44.7 Å². The molecule has 24 heavy (non-hydrogen) atoms. The summed E-state index contributed by atoms with van der Waals surface area (Å²) in [6, 6.07) is 15.0. The summed E-state index contributed by atoms with van der Waals surface area (Å²) in [6.07, 6.45) is 0. The summed E-state index contributed by atoms with van der Waals surface area (Å²) in [5.41, 5.74) is 8.31. The van der Waals surface area contributed by atoms with Gasteiger partial charge in [0.05, 0.1) is 7.11 Å². The summed E-state index contributed by atoms with van der Waals surface area (Å²) in [5.74, 6) is 0.662. The third-order valence-corrected chi connectivity index (χ3v) is 4.65. The highest BCUT2D eigenvalue weighted by Crippen LogP contribution is 2.26. The van der Waals surface area contributed by atoms with Crippen molar-refractivity contribution in [3.8, 4) is 5.75 Å². The first-order valence-corrected chi connectivity index (χ1v) is 8.30. The second-order valence-electron chi connectivity index (χ2n) is 6.03. The Hall–Kier alpha value is -2.11. The van der Waals surface area contributed by atoms with E-state index in [9.17, 15) is 4.39 Å². The van der Waals surface area contributed by atoms with Crippen LogP contribution in [-0.2, 0) is 0 Å². The van der Waals surface area contributed by atoms with Crippen molar-refractivity contribution in [1.82, 2.24) is 4.90 Å². The molecule has 1 fully saturated rings. The van der Waals surface area contributed by atoms with Gasteiger partial charge in [-0.15, -0.1) is 0 Å². The second kappa shape index (κ2) is 7.64. The number of hydrogen-bond acceptors (Lipinski definition) is 4. The van der Waals surface area contributed by atoms with Crippen molar-refractivity contribution in [2.24, 2.45) is 5.73 Å². The maximum Gasteiger partial charge on any atom is 0.123 e. The Morgan fingerprint density at radius 1 is 1.08 bits per heavy atom. The van der Waals surface area contributed by atoms with E-state index in [0.717, 1.165) is 37.6 Å². The number of benzene rings is 2. The van der Waals surface area contributed by atoms with Crippen molar-refractivity contribution >= 4 is 5.69 Å². The molecule has 1 atom stereocenters. The molecule has 0 aromatic heterocycles. The zero-order valence-electron chi connectivity index (χ0n) is 14.0. The number of nitrogens with two attached hydrogens (primary N) is 1. The molecule has 1 aliphatic heterocycles. The maximum absolute atomic E-state index is 13.1. The minimum absolute atomic E-state index is 0.190. The van der Waals surface area contributed by atoms with E-state index in [1.807, 2.05) is 24.3 Å². The summed E-state index contributed by atoms with van der Waals surface area (Å²) < 4.78 is 18.4. The first kappa shape index (κ1) is 16.7. The average Bonchev–Trinajstić information content (AvgIpc) is 2.64. The number of rotatable bonds is 5. The van der Waals surface area contributed by atoms with E-state index >= 15 is 0 Å². The molecular weight excluding hydrogens is 305 g/mol. The Morgan fingerprint density at radius 3 is 2.42 bits per heavy atom. The molecule has 0 bridgehead atoms. The largest absolute Gasteiger partial charge is 0.497 e. The topological polar surface area (TPSA) is 41.7 Å². The molecule has 1 heterocycles. The third-order valence-electron chi connectivity index (χ3n) is 4.65. The van der Waals surface area contributed by atoms with Crippen LogP contribution in [0.1, 0.15) is 11.6 Å². The molecule has 0 aliphatic carbocycles. The van der Waals surface area contributed by atoms with Crippen LogP contribution in [0, 0.1) is 5.82 Å². The Labute approximate surface area is 142 Å². The zero-order chi connectivity index (χ0) is 16.9. The predicted molar refractivity (Wildman–Crippen MR) is 95.0 cm³/mol. The first-order valence-electron chi connectivity index (χ1n) is 8.30. The number of halogens is 1. The Balaban J connectivity index is 1.66. The van der Waals surface area contributed by atoms with Crippen LogP contribution in [0.15, 0.2) is 48.5 Å². The van der Waals surface area contributed by atoms with Gasteiger partial charge in [-0.3, -0.25) is 4.90 Å². The molecule has 0 spiro atoms. The number of hydrogen-bond donors (Lipinski definition) is 1. The van der Waals surface area contributed by atoms with Crippen molar-refractivity contribution < 1.29 is 9.13 Å². The highest BCUT2D eigenvalue weighted by atomic mass is 19.1. The minimum Gasteiger partial charge on any atom is -0.497 e. The van der Waals surface area contributed by atoms with Gasteiger partial charge in [-0.2, -0.15) is 0 Å². The van der Waals surface area contributed by atoms with Crippen LogP contribution < -0.4 is 15.4 Å². The lowest BCUT2D eigenvalue weighted by Crippen LogP contribution is -2.49. The molecular formula is C19H24FN3O. The molecule has 3 rings (SSSR count). The monoisotopic (exact) mass is 329 g/mol. The number of anilines is 1. The van der Waals surface area contributed by atoms with E-state index in [1.54, 1.807) is 7.11 Å². The van der Waals surface area contributed by atoms with Crippen LogP contribution in [0.5, 0.6) is 5.75 Å². The van der Waals surface area contributed by atoms with Gasteiger partial charge < -0.3 is 15.4 Å². The lowest BCUT2D eigenvalue weighted by Gasteiger charge is -2.40. The number of nitrogens with zero attached hydrogens (tertiary/aromatic N) is 2. The number of piperazine rings is 1. The Bertz CT molecular complexity index is 654. The molecule has 5 heteroatoms. The SMILES string of the molecule is COc1cccc(C(CN)N2CCN(c3ccc(F)cc3)CC2)c1. The molecule has 2 N–H and O–H groups in total. The molecule has 0 amide bonds. The predicted octanol–water partition coefficient (Wildman–Crippen LogP) is 2.66. The standard InChI is InChI=1S/C19H24FN3O/c1-24-18-4-2-3-15(13-18)19(14-21)23-11-9-22(10-12-23)17-7-5-16(20)6-8-17/h2-8,13,19H,9-12,14,21H2,1H3. The van der Waals surface area contributed by atoms with E-state index in [4.69, 9.17) is 10.5 Å². The van der Waals surface area contributed by atoms with Crippen molar-refractivity contribution in [2.45, 2.75) is 6.04 Å². The molecule has 1 saturated heterocycles. The van der Waals surface area contributed by atoms with E-state index in [-0.39, 0.29) is 11.9 Å². The van der Waals surface area contributed by atoms with Gasteiger partial charge in [0.2, 0.25) is 0 Å². The summed E-state index contributed by atoms with van der Waals surface area (Å²) >= 11 is 0. The highest BCUT2D eigenvalue weighted by Gasteiger charge is 2.24. The molecule has 0 radical (unpaired) electrons. The van der Waals surface area contributed by atoms with Gasteiger partial charge in [-0.1, -0.05) is 12.1 Å². The molecule has 4 nitrogen and oxygen atoms in total. The lowest BCUT2D eigenvalue weighted by molar-refractivity contribution is 0.190. The van der Waals surface area contributed by atoms with Gasteiger partial charge in [-0.25, -0.2) is 4.39 Å². The zero-order valence-corrected chi connectivity index (χ0v) is 14.0. The fourth-order valence-electron chi connectivity index (χ4n) is 3.29. The lowest BCUT2D eigenvalue weighted by atomic mass is 10.0. The van der Waals surface area contributed by atoms with Crippen LogP contribution >= 0.6 is 0 Å². The van der Waals surface area contributed by atoms with Gasteiger partial charge in [0.1, 0.15) is 11.6 Å². The smallest absolute Gasteiger partial charge is 0.123 e. The van der Waals surface area contributed by atoms with E-state index in [1.165, 1.54) is 17.7 Å². The maximum atomic E-state index is 13.1. The molecule has 2 aromatic rings. The quantitative estimate of drug-likeness (QED) is 0.916. The van der Waals surface area contributed by atoms with E-state index < -0.39 is 0 Å². The minimum atomic E-state index is -0.196. The summed E-state index contributed by atoms with van der Waals surface area (Å²) in [7, 11) is 1.68. The van der Waals surface area contributed by atoms with Crippen LogP contribution in [0.2, 0.25) is 0 Å². The summed E-state index contributed by atoms with van der Waals surface area (Å²) in [4.78, 5) is 4.70. The molecule has 1 aliphatic rings. The normalized spacial score (nSPS) is 16.9. The van der Waals surface area contributed by atoms with Gasteiger partial charge in [0.25, 0.3) is 0 Å². The average molecular weight is 329 g/mol. The first-order chi connectivity index (χ1) is 11.7. The molecule has 0 saturated carbocycles. The van der Waals surface area contributed by atoms with E-state index in [2.05, 4.69) is 21.9 Å². The van der Waals surface area contributed by atoms with Crippen molar-refractivity contribution in [3.63, 3.8) is 0 Å². The van der Waals surface area contributed by atoms with Crippen LogP contribution in [0.3, 0.4) is 0 Å². The third kappa shape index (κ3) is 3.68. The van der Waals surface area contributed by atoms with Gasteiger partial charge in [0.15, 0.2) is 0 Å². The number of ether oxygens (including phenoxy) is 1. The fourth-order valence-corrected chi connectivity index (χ4v) is 3.29. The highest BCUT2D eigenvalue weighted by molar-refractivity contribution is 5.46. The van der Waals surface area contributed by atoms with Gasteiger partial charge in [0, 0.05) is 44.5 Å². The summed E-state index contributed by atoms with van der Waals surface area (Å²) in [6.45, 7) is 4.24. The Kier molecular flexibility index (Phi) is 5.33. The van der Waals surface area contributed by atoms with E-state index in [0.29, 0.717) is 6.54 Å². The molecule has 2 aromatic carbocycles. The van der Waals surface area contributed by atoms with Crippen molar-refractivity contribution in [1.29, 1.82) is 0 Å². The van der Waals surface area contributed by atoms with Crippen LogP contribution in [0.4, 0.5) is 10.1 Å². The number of methoxy groups -OCH3 is 1. The molecule has 1 unspecified atom stereocenters. The Morgan fingerprint density at radius 2 is 1.79 bits per heavy atom. The molecule has 128 valence electrons. The fraction of sp³-hybridized carbons (Fsp3) is 0.368. The van der Waals surface area contributed by atoms with Crippen molar-refractivity contribution in [3.05, 3.63) is 59.9 Å². The van der Waals surface area contributed by atoms with Crippen molar-refractivity contribution in [2.75, 3.05) is 44.7 Å².